The number of hydrogen-bond acceptors (Lipinski definition) is 3. The van der Waals surface area contributed by atoms with E-state index in [-0.39, 0.29) is 5.91 Å². The van der Waals surface area contributed by atoms with Gasteiger partial charge in [0.15, 0.2) is 0 Å². The highest BCUT2D eigenvalue weighted by Crippen LogP contribution is 2.33. The summed E-state index contributed by atoms with van der Waals surface area (Å²) in [6.07, 6.45) is 7.66. The predicted octanol–water partition coefficient (Wildman–Crippen LogP) is 2.00. The van der Waals surface area contributed by atoms with Crippen molar-refractivity contribution in [3.8, 4) is 6.07 Å². The number of rotatable bonds is 3. The van der Waals surface area contributed by atoms with Crippen LogP contribution in [-0.2, 0) is 0 Å². The van der Waals surface area contributed by atoms with Crippen molar-refractivity contribution in [1.29, 1.82) is 5.26 Å². The molecular formula is C13H18N4O. The molecule has 0 atom stereocenters. The molecular weight excluding hydrogens is 228 g/mol. The summed E-state index contributed by atoms with van der Waals surface area (Å²) < 4.78 is 0. The van der Waals surface area contributed by atoms with Gasteiger partial charge in [-0.25, -0.2) is 0 Å². The smallest absolute Gasteiger partial charge is 0.255 e. The number of nitrogens with one attached hydrogen (secondary N) is 2. The van der Waals surface area contributed by atoms with Gasteiger partial charge in [-0.15, -0.1) is 0 Å². The maximum atomic E-state index is 12.0. The third kappa shape index (κ3) is 2.53. The molecule has 5 nitrogen and oxygen atoms in total. The van der Waals surface area contributed by atoms with Gasteiger partial charge in [-0.2, -0.15) is 10.4 Å². The lowest BCUT2D eigenvalue weighted by Gasteiger charge is -2.35. The van der Waals surface area contributed by atoms with Crippen LogP contribution in [-0.4, -0.2) is 21.6 Å². The van der Waals surface area contributed by atoms with Crippen molar-refractivity contribution in [2.24, 2.45) is 5.92 Å². The fourth-order valence-corrected chi connectivity index (χ4v) is 2.51. The highest BCUT2D eigenvalue weighted by Gasteiger charge is 2.36. The zero-order valence-corrected chi connectivity index (χ0v) is 10.6. The molecule has 0 spiro atoms. The van der Waals surface area contributed by atoms with Gasteiger partial charge in [-0.3, -0.25) is 9.89 Å². The first kappa shape index (κ1) is 12.6. The van der Waals surface area contributed by atoms with E-state index in [2.05, 4.69) is 28.5 Å². The lowest BCUT2D eigenvalue weighted by molar-refractivity contribution is 0.0891. The maximum Gasteiger partial charge on any atom is 0.255 e. The number of aromatic amines is 1. The molecule has 1 aromatic rings. The molecule has 0 radical (unpaired) electrons. The van der Waals surface area contributed by atoms with Gasteiger partial charge < -0.3 is 5.32 Å². The van der Waals surface area contributed by atoms with E-state index in [1.165, 1.54) is 12.4 Å². The Kier molecular flexibility index (Phi) is 3.66. The molecule has 18 heavy (non-hydrogen) atoms. The minimum Gasteiger partial charge on any atom is -0.334 e. The Labute approximate surface area is 107 Å². The minimum absolute atomic E-state index is 0.222. The van der Waals surface area contributed by atoms with Crippen molar-refractivity contribution in [3.05, 3.63) is 18.0 Å². The molecule has 0 saturated heterocycles. The lowest BCUT2D eigenvalue weighted by atomic mass is 9.76. The van der Waals surface area contributed by atoms with Crippen molar-refractivity contribution in [1.82, 2.24) is 15.5 Å². The molecule has 1 aliphatic rings. The first-order valence-electron chi connectivity index (χ1n) is 6.41. The molecule has 96 valence electrons. The fourth-order valence-electron chi connectivity index (χ4n) is 2.51. The number of nitriles is 1. The Morgan fingerprint density at radius 3 is 2.89 bits per heavy atom. The normalized spacial score (nSPS) is 27.4. The predicted molar refractivity (Wildman–Crippen MR) is 66.6 cm³/mol. The average molecular weight is 246 g/mol. The van der Waals surface area contributed by atoms with Gasteiger partial charge in [-0.05, 0) is 31.6 Å². The van der Waals surface area contributed by atoms with Crippen LogP contribution >= 0.6 is 0 Å². The molecule has 1 aromatic heterocycles. The van der Waals surface area contributed by atoms with Crippen molar-refractivity contribution < 1.29 is 4.79 Å². The Hall–Kier alpha value is -1.83. The van der Waals surface area contributed by atoms with Gasteiger partial charge in [-0.1, -0.05) is 13.3 Å². The van der Waals surface area contributed by atoms with Gasteiger partial charge in [0, 0.05) is 6.20 Å². The van der Waals surface area contributed by atoms with Crippen molar-refractivity contribution in [2.75, 3.05) is 0 Å². The highest BCUT2D eigenvalue weighted by molar-refractivity contribution is 5.94. The van der Waals surface area contributed by atoms with Gasteiger partial charge in [0.1, 0.15) is 5.54 Å². The summed E-state index contributed by atoms with van der Waals surface area (Å²) >= 11 is 0. The van der Waals surface area contributed by atoms with Crippen LogP contribution in [0.2, 0.25) is 0 Å². The third-order valence-corrected chi connectivity index (χ3v) is 3.86. The van der Waals surface area contributed by atoms with E-state index in [0.717, 1.165) is 32.1 Å². The Morgan fingerprint density at radius 1 is 1.67 bits per heavy atom. The van der Waals surface area contributed by atoms with Gasteiger partial charge in [0.05, 0.1) is 17.8 Å². The lowest BCUT2D eigenvalue weighted by Crippen LogP contribution is -2.49. The number of H-pyrrole nitrogens is 1. The molecule has 2 N–H and O–H groups in total. The van der Waals surface area contributed by atoms with Crippen LogP contribution in [0.3, 0.4) is 0 Å². The summed E-state index contributed by atoms with van der Waals surface area (Å²) in [5.41, 5.74) is -0.220. The number of nitrogens with zero attached hydrogens (tertiary/aromatic N) is 2. The molecule has 1 saturated carbocycles. The van der Waals surface area contributed by atoms with Crippen LogP contribution in [0, 0.1) is 17.2 Å². The van der Waals surface area contributed by atoms with Crippen LogP contribution in [0.25, 0.3) is 0 Å². The number of hydrogen-bond donors (Lipinski definition) is 2. The summed E-state index contributed by atoms with van der Waals surface area (Å²) in [7, 11) is 0. The number of amides is 1. The van der Waals surface area contributed by atoms with Crippen LogP contribution in [0.1, 0.15) is 49.4 Å². The largest absolute Gasteiger partial charge is 0.334 e. The first-order chi connectivity index (χ1) is 8.69. The Balaban J connectivity index is 2.02. The zero-order chi connectivity index (χ0) is 13.0. The van der Waals surface area contributed by atoms with E-state index in [4.69, 9.17) is 0 Å². The monoisotopic (exact) mass is 246 g/mol. The zero-order valence-electron chi connectivity index (χ0n) is 10.6. The van der Waals surface area contributed by atoms with Gasteiger partial charge in [0.2, 0.25) is 0 Å². The molecule has 2 rings (SSSR count). The summed E-state index contributed by atoms with van der Waals surface area (Å²) in [5.74, 6) is 0.470. The molecule has 0 aliphatic heterocycles. The standard InChI is InChI=1S/C13H18N4O/c1-2-10-3-5-13(9-14,6-4-10)17-12(18)11-7-15-16-8-11/h7-8,10H,2-6H2,1H3,(H,15,16)(H,17,18). The number of aromatic nitrogens is 2. The summed E-state index contributed by atoms with van der Waals surface area (Å²) in [4.78, 5) is 12.0. The van der Waals surface area contributed by atoms with Crippen molar-refractivity contribution in [2.45, 2.75) is 44.6 Å². The topological polar surface area (TPSA) is 81.6 Å². The van der Waals surface area contributed by atoms with Crippen LogP contribution in [0.4, 0.5) is 0 Å². The second kappa shape index (κ2) is 5.21. The maximum absolute atomic E-state index is 12.0. The van der Waals surface area contributed by atoms with Crippen molar-refractivity contribution >= 4 is 5.91 Å². The van der Waals surface area contributed by atoms with E-state index in [9.17, 15) is 10.1 Å². The third-order valence-electron chi connectivity index (χ3n) is 3.86. The Morgan fingerprint density at radius 2 is 2.39 bits per heavy atom. The van der Waals surface area contributed by atoms with Crippen LogP contribution < -0.4 is 5.32 Å². The molecule has 0 bridgehead atoms. The average Bonchev–Trinajstić information content (AvgIpc) is 2.93. The molecule has 1 amide bonds. The molecule has 0 aromatic carbocycles. The summed E-state index contributed by atoms with van der Waals surface area (Å²) in [5, 5.41) is 18.6. The van der Waals surface area contributed by atoms with Gasteiger partial charge >= 0.3 is 0 Å². The molecule has 1 aliphatic carbocycles. The molecule has 5 heteroatoms. The second-order valence-corrected chi connectivity index (χ2v) is 4.99. The molecule has 0 unspecified atom stereocenters. The number of carbonyl (C=O) groups is 1. The second-order valence-electron chi connectivity index (χ2n) is 4.99. The van der Waals surface area contributed by atoms with E-state index >= 15 is 0 Å². The SMILES string of the molecule is CCC1CCC(C#N)(NC(=O)c2cn[nH]c2)CC1. The van der Waals surface area contributed by atoms with Crippen molar-refractivity contribution in [3.63, 3.8) is 0 Å². The van der Waals surface area contributed by atoms with E-state index < -0.39 is 5.54 Å². The summed E-state index contributed by atoms with van der Waals surface area (Å²) in [6.45, 7) is 2.17. The highest BCUT2D eigenvalue weighted by atomic mass is 16.1. The summed E-state index contributed by atoms with van der Waals surface area (Å²) in [6, 6.07) is 2.29. The molecule has 1 fully saturated rings. The van der Waals surface area contributed by atoms with Crippen LogP contribution in [0.5, 0.6) is 0 Å². The minimum atomic E-state index is -0.694. The van der Waals surface area contributed by atoms with E-state index in [1.807, 2.05) is 0 Å². The number of carbonyl (C=O) groups excluding carboxylic acids is 1. The van der Waals surface area contributed by atoms with E-state index in [1.54, 1.807) is 0 Å². The van der Waals surface area contributed by atoms with Gasteiger partial charge in [0.25, 0.3) is 5.91 Å². The first-order valence-corrected chi connectivity index (χ1v) is 6.41. The molecule has 1 heterocycles. The fraction of sp³-hybridized carbons (Fsp3) is 0.615. The Bertz CT molecular complexity index is 438. The quantitative estimate of drug-likeness (QED) is 0.855. The van der Waals surface area contributed by atoms with E-state index in [0.29, 0.717) is 11.5 Å². The van der Waals surface area contributed by atoms with Crippen LogP contribution in [0.15, 0.2) is 12.4 Å².